The molecule has 0 aliphatic rings. The Morgan fingerprint density at radius 2 is 2.06 bits per heavy atom. The van der Waals surface area contributed by atoms with E-state index in [1.165, 1.54) is 5.56 Å². The van der Waals surface area contributed by atoms with Crippen molar-refractivity contribution >= 4 is 0 Å². The molecule has 1 heterocycles. The quantitative estimate of drug-likeness (QED) is 0.767. The standard InChI is InChI=1S/C15H27N3/c1-13(2)8-17-9-14(3)11-18(4)12-15-6-5-7-16-10-15/h5-7,10,13-14,17H,8-9,11-12H2,1-4H3. The predicted octanol–water partition coefficient (Wildman–Crippen LogP) is 2.40. The number of nitrogens with zero attached hydrogens (tertiary/aromatic N) is 2. The molecule has 0 bridgehead atoms. The average Bonchev–Trinajstić information content (AvgIpc) is 2.29. The van der Waals surface area contributed by atoms with Gasteiger partial charge in [-0.2, -0.15) is 0 Å². The molecule has 1 N–H and O–H groups in total. The fourth-order valence-electron chi connectivity index (χ4n) is 2.08. The van der Waals surface area contributed by atoms with Crippen molar-refractivity contribution in [2.24, 2.45) is 11.8 Å². The van der Waals surface area contributed by atoms with E-state index in [-0.39, 0.29) is 0 Å². The molecular weight excluding hydrogens is 222 g/mol. The summed E-state index contributed by atoms with van der Waals surface area (Å²) in [4.78, 5) is 6.51. The molecule has 1 atom stereocenters. The molecule has 0 radical (unpaired) electrons. The van der Waals surface area contributed by atoms with E-state index in [9.17, 15) is 0 Å². The molecule has 0 fully saturated rings. The van der Waals surface area contributed by atoms with Gasteiger partial charge in [-0.3, -0.25) is 4.98 Å². The maximum Gasteiger partial charge on any atom is 0.0312 e. The van der Waals surface area contributed by atoms with Crippen LogP contribution in [0.15, 0.2) is 24.5 Å². The molecule has 3 nitrogen and oxygen atoms in total. The Bertz CT molecular complexity index is 311. The monoisotopic (exact) mass is 249 g/mol. The summed E-state index contributed by atoms with van der Waals surface area (Å²) in [5, 5.41) is 3.51. The molecule has 0 amide bonds. The Hall–Kier alpha value is -0.930. The van der Waals surface area contributed by atoms with Crippen LogP contribution in [0.5, 0.6) is 0 Å². The largest absolute Gasteiger partial charge is 0.316 e. The lowest BCUT2D eigenvalue weighted by Crippen LogP contribution is -2.32. The molecule has 0 aromatic carbocycles. The third-order valence-corrected chi connectivity index (χ3v) is 2.84. The lowest BCUT2D eigenvalue weighted by atomic mass is 10.1. The molecule has 0 aliphatic carbocycles. The zero-order valence-corrected chi connectivity index (χ0v) is 12.2. The summed E-state index contributed by atoms with van der Waals surface area (Å²) in [6.45, 7) is 11.1. The summed E-state index contributed by atoms with van der Waals surface area (Å²) in [6, 6.07) is 4.13. The number of hydrogen-bond donors (Lipinski definition) is 1. The number of hydrogen-bond acceptors (Lipinski definition) is 3. The van der Waals surface area contributed by atoms with Crippen molar-refractivity contribution in [3.05, 3.63) is 30.1 Å². The lowest BCUT2D eigenvalue weighted by Gasteiger charge is -2.22. The zero-order valence-electron chi connectivity index (χ0n) is 12.2. The van der Waals surface area contributed by atoms with Gasteiger partial charge in [0.1, 0.15) is 0 Å². The summed E-state index contributed by atoms with van der Waals surface area (Å²) in [6.07, 6.45) is 3.76. The molecular formula is C15H27N3. The first-order valence-electron chi connectivity index (χ1n) is 6.86. The SMILES string of the molecule is CC(C)CNCC(C)CN(C)Cc1cccnc1. The highest BCUT2D eigenvalue weighted by Gasteiger charge is 2.07. The second-order valence-corrected chi connectivity index (χ2v) is 5.72. The van der Waals surface area contributed by atoms with E-state index >= 15 is 0 Å². The Kier molecular flexibility index (Phi) is 6.91. The fraction of sp³-hybridized carbons (Fsp3) is 0.667. The van der Waals surface area contributed by atoms with Gasteiger partial charge in [-0.1, -0.05) is 26.8 Å². The van der Waals surface area contributed by atoms with E-state index in [0.717, 1.165) is 32.1 Å². The smallest absolute Gasteiger partial charge is 0.0312 e. The van der Waals surface area contributed by atoms with Crippen LogP contribution in [0.3, 0.4) is 0 Å². The minimum absolute atomic E-state index is 0.672. The topological polar surface area (TPSA) is 28.2 Å². The van der Waals surface area contributed by atoms with Crippen LogP contribution < -0.4 is 5.32 Å². The van der Waals surface area contributed by atoms with Crippen LogP contribution in [0.25, 0.3) is 0 Å². The minimum atomic E-state index is 0.672. The summed E-state index contributed by atoms with van der Waals surface area (Å²) in [5.41, 5.74) is 1.28. The first-order valence-corrected chi connectivity index (χ1v) is 6.86. The van der Waals surface area contributed by atoms with E-state index in [1.54, 1.807) is 0 Å². The van der Waals surface area contributed by atoms with Gasteiger partial charge in [-0.25, -0.2) is 0 Å². The van der Waals surface area contributed by atoms with Gasteiger partial charge < -0.3 is 10.2 Å². The van der Waals surface area contributed by atoms with Crippen LogP contribution in [-0.4, -0.2) is 36.6 Å². The second-order valence-electron chi connectivity index (χ2n) is 5.72. The Morgan fingerprint density at radius 3 is 2.67 bits per heavy atom. The van der Waals surface area contributed by atoms with Gasteiger partial charge in [-0.15, -0.1) is 0 Å². The molecule has 0 saturated carbocycles. The van der Waals surface area contributed by atoms with Gasteiger partial charge >= 0.3 is 0 Å². The fourth-order valence-corrected chi connectivity index (χ4v) is 2.08. The van der Waals surface area contributed by atoms with Crippen LogP contribution in [0.2, 0.25) is 0 Å². The highest BCUT2D eigenvalue weighted by atomic mass is 15.1. The molecule has 18 heavy (non-hydrogen) atoms. The third-order valence-electron chi connectivity index (χ3n) is 2.84. The van der Waals surface area contributed by atoms with Crippen molar-refractivity contribution in [2.75, 3.05) is 26.7 Å². The Morgan fingerprint density at radius 1 is 1.28 bits per heavy atom. The van der Waals surface area contributed by atoms with Gasteiger partial charge in [-0.05, 0) is 43.6 Å². The molecule has 1 aromatic rings. The lowest BCUT2D eigenvalue weighted by molar-refractivity contribution is 0.272. The summed E-state index contributed by atoms with van der Waals surface area (Å²) >= 11 is 0. The molecule has 1 aromatic heterocycles. The molecule has 0 saturated heterocycles. The van der Waals surface area contributed by atoms with Gasteiger partial charge in [0.2, 0.25) is 0 Å². The van der Waals surface area contributed by atoms with E-state index in [1.807, 2.05) is 18.5 Å². The van der Waals surface area contributed by atoms with Crippen molar-refractivity contribution in [1.82, 2.24) is 15.2 Å². The third kappa shape index (κ3) is 6.72. The van der Waals surface area contributed by atoms with E-state index in [0.29, 0.717) is 5.92 Å². The maximum atomic E-state index is 4.15. The summed E-state index contributed by atoms with van der Waals surface area (Å²) in [5.74, 6) is 1.40. The molecule has 0 spiro atoms. The number of aromatic nitrogens is 1. The normalized spacial score (nSPS) is 13.2. The first kappa shape index (κ1) is 15.1. The van der Waals surface area contributed by atoms with Crippen LogP contribution in [0, 0.1) is 11.8 Å². The molecule has 102 valence electrons. The van der Waals surface area contributed by atoms with Gasteiger partial charge in [0.05, 0.1) is 0 Å². The molecule has 1 unspecified atom stereocenters. The van der Waals surface area contributed by atoms with E-state index < -0.39 is 0 Å². The van der Waals surface area contributed by atoms with Crippen molar-refractivity contribution < 1.29 is 0 Å². The van der Waals surface area contributed by atoms with Crippen molar-refractivity contribution in [3.8, 4) is 0 Å². The maximum absolute atomic E-state index is 4.15. The average molecular weight is 249 g/mol. The van der Waals surface area contributed by atoms with Crippen molar-refractivity contribution in [2.45, 2.75) is 27.3 Å². The number of pyridine rings is 1. The van der Waals surface area contributed by atoms with Gasteiger partial charge in [0, 0.05) is 25.5 Å². The molecule has 1 rings (SSSR count). The van der Waals surface area contributed by atoms with Gasteiger partial charge in [0.25, 0.3) is 0 Å². The van der Waals surface area contributed by atoms with Crippen LogP contribution in [-0.2, 0) is 6.54 Å². The highest BCUT2D eigenvalue weighted by Crippen LogP contribution is 2.04. The van der Waals surface area contributed by atoms with E-state index in [4.69, 9.17) is 0 Å². The zero-order chi connectivity index (χ0) is 13.4. The summed E-state index contributed by atoms with van der Waals surface area (Å²) in [7, 11) is 2.17. The van der Waals surface area contributed by atoms with Crippen LogP contribution in [0.1, 0.15) is 26.3 Å². The highest BCUT2D eigenvalue weighted by molar-refractivity contribution is 5.07. The van der Waals surface area contributed by atoms with Crippen LogP contribution in [0.4, 0.5) is 0 Å². The number of nitrogens with one attached hydrogen (secondary N) is 1. The van der Waals surface area contributed by atoms with Crippen molar-refractivity contribution in [1.29, 1.82) is 0 Å². The molecule has 3 heteroatoms. The number of rotatable bonds is 8. The Balaban J connectivity index is 2.21. The predicted molar refractivity (Wildman–Crippen MR) is 77.4 cm³/mol. The van der Waals surface area contributed by atoms with Crippen LogP contribution >= 0.6 is 0 Å². The van der Waals surface area contributed by atoms with E-state index in [2.05, 4.69) is 49.1 Å². The second kappa shape index (κ2) is 8.22. The molecule has 0 aliphatic heterocycles. The van der Waals surface area contributed by atoms with Gasteiger partial charge in [0.15, 0.2) is 0 Å². The summed E-state index contributed by atoms with van der Waals surface area (Å²) < 4.78 is 0. The van der Waals surface area contributed by atoms with Crippen molar-refractivity contribution in [3.63, 3.8) is 0 Å². The minimum Gasteiger partial charge on any atom is -0.316 e. The Labute approximate surface area is 112 Å². The first-order chi connectivity index (χ1) is 8.58.